The van der Waals surface area contributed by atoms with Crippen LogP contribution in [0.2, 0.25) is 0 Å². The van der Waals surface area contributed by atoms with E-state index in [1.807, 2.05) is 33.8 Å². The summed E-state index contributed by atoms with van der Waals surface area (Å²) < 4.78 is 26.9. The highest BCUT2D eigenvalue weighted by atomic mass is 32.2. The Kier molecular flexibility index (Phi) is 4.53. The van der Waals surface area contributed by atoms with Gasteiger partial charge in [-0.05, 0) is 44.9 Å². The van der Waals surface area contributed by atoms with E-state index in [9.17, 15) is 8.42 Å². The maximum atomic E-state index is 12.2. The lowest BCUT2D eigenvalue weighted by Gasteiger charge is -2.21. The quantitative estimate of drug-likeness (QED) is 0.880. The smallest absolute Gasteiger partial charge is 0.241 e. The van der Waals surface area contributed by atoms with E-state index in [1.54, 1.807) is 18.2 Å². The van der Waals surface area contributed by atoms with Crippen molar-refractivity contribution in [3.05, 3.63) is 29.8 Å². The first-order valence-corrected chi connectivity index (χ1v) is 7.53. The second kappa shape index (κ2) is 5.38. The van der Waals surface area contributed by atoms with Crippen molar-refractivity contribution < 1.29 is 8.42 Å². The molecule has 0 aliphatic rings. The third-order valence-electron chi connectivity index (χ3n) is 2.48. The van der Waals surface area contributed by atoms with Gasteiger partial charge in [0.15, 0.2) is 0 Å². The molecule has 3 N–H and O–H groups in total. The van der Waals surface area contributed by atoms with E-state index in [4.69, 9.17) is 5.73 Å². The fourth-order valence-corrected chi connectivity index (χ4v) is 3.08. The summed E-state index contributed by atoms with van der Waals surface area (Å²) in [5.74, 6) is 0. The number of nitrogens with two attached hydrogens (primary N) is 1. The van der Waals surface area contributed by atoms with Crippen molar-refractivity contribution in [2.45, 2.75) is 50.6 Å². The zero-order valence-electron chi connectivity index (χ0n) is 11.4. The summed E-state index contributed by atoms with van der Waals surface area (Å²) in [5, 5.41) is 0. The number of hydrogen-bond acceptors (Lipinski definition) is 3. The van der Waals surface area contributed by atoms with Gasteiger partial charge in [0.1, 0.15) is 0 Å². The number of nitrogens with one attached hydrogen (secondary N) is 1. The van der Waals surface area contributed by atoms with Crippen molar-refractivity contribution in [3.8, 4) is 0 Å². The maximum absolute atomic E-state index is 12.2. The third kappa shape index (κ3) is 4.08. The minimum atomic E-state index is -3.49. The molecule has 4 nitrogen and oxygen atoms in total. The van der Waals surface area contributed by atoms with E-state index in [1.165, 1.54) is 0 Å². The van der Waals surface area contributed by atoms with Gasteiger partial charge in [0.2, 0.25) is 10.0 Å². The average Bonchev–Trinajstić information content (AvgIpc) is 2.25. The van der Waals surface area contributed by atoms with Crippen LogP contribution in [0.4, 0.5) is 0 Å². The number of benzene rings is 1. The fraction of sp³-hybridized carbons (Fsp3) is 0.538. The molecule has 0 aliphatic heterocycles. The van der Waals surface area contributed by atoms with Gasteiger partial charge in [-0.1, -0.05) is 19.1 Å². The summed E-state index contributed by atoms with van der Waals surface area (Å²) in [6.45, 7) is 7.41. The van der Waals surface area contributed by atoms with Crippen molar-refractivity contribution in [3.63, 3.8) is 0 Å². The van der Waals surface area contributed by atoms with E-state index >= 15 is 0 Å². The Morgan fingerprint density at radius 2 is 1.94 bits per heavy atom. The van der Waals surface area contributed by atoms with E-state index in [0.29, 0.717) is 0 Å². The maximum Gasteiger partial charge on any atom is 0.241 e. The molecule has 5 heteroatoms. The Morgan fingerprint density at radius 1 is 1.33 bits per heavy atom. The molecule has 0 aliphatic carbocycles. The minimum Gasteiger partial charge on any atom is -0.324 e. The standard InChI is InChI=1S/C13H22N2O2S/c1-5-12(14)10-7-6-8-11(9-10)18(16,17)15-13(2,3)4/h6-9,12,15H,5,14H2,1-4H3. The molecule has 0 saturated carbocycles. The highest BCUT2D eigenvalue weighted by Gasteiger charge is 2.22. The Labute approximate surface area is 110 Å². The zero-order valence-corrected chi connectivity index (χ0v) is 12.2. The van der Waals surface area contributed by atoms with Crippen LogP contribution >= 0.6 is 0 Å². The first-order chi connectivity index (χ1) is 8.15. The fourth-order valence-electron chi connectivity index (χ4n) is 1.61. The minimum absolute atomic E-state index is 0.130. The Hall–Kier alpha value is -0.910. The largest absolute Gasteiger partial charge is 0.324 e. The molecule has 1 aromatic rings. The van der Waals surface area contributed by atoms with Gasteiger partial charge in [0.25, 0.3) is 0 Å². The second-order valence-corrected chi connectivity index (χ2v) is 7.13. The molecule has 1 aromatic carbocycles. The molecule has 0 radical (unpaired) electrons. The molecule has 0 bridgehead atoms. The summed E-state index contributed by atoms with van der Waals surface area (Å²) in [6, 6.07) is 6.67. The van der Waals surface area contributed by atoms with Gasteiger partial charge in [-0.3, -0.25) is 0 Å². The van der Waals surface area contributed by atoms with Crippen LogP contribution < -0.4 is 10.5 Å². The van der Waals surface area contributed by atoms with Gasteiger partial charge in [0.05, 0.1) is 4.90 Å². The van der Waals surface area contributed by atoms with Crippen LogP contribution in [0.3, 0.4) is 0 Å². The SMILES string of the molecule is CCC(N)c1cccc(S(=O)(=O)NC(C)(C)C)c1. The topological polar surface area (TPSA) is 72.2 Å². The van der Waals surface area contributed by atoms with Crippen molar-refractivity contribution in [1.82, 2.24) is 4.72 Å². The number of rotatable bonds is 4. The van der Waals surface area contributed by atoms with Crippen LogP contribution in [0.5, 0.6) is 0 Å². The highest BCUT2D eigenvalue weighted by molar-refractivity contribution is 7.89. The van der Waals surface area contributed by atoms with E-state index in [-0.39, 0.29) is 10.9 Å². The van der Waals surface area contributed by atoms with Gasteiger partial charge >= 0.3 is 0 Å². The van der Waals surface area contributed by atoms with E-state index in [0.717, 1.165) is 12.0 Å². The molecule has 0 saturated heterocycles. The highest BCUT2D eigenvalue weighted by Crippen LogP contribution is 2.19. The van der Waals surface area contributed by atoms with Gasteiger partial charge in [-0.2, -0.15) is 0 Å². The average molecular weight is 270 g/mol. The van der Waals surface area contributed by atoms with Gasteiger partial charge in [0, 0.05) is 11.6 Å². The molecular weight excluding hydrogens is 248 g/mol. The van der Waals surface area contributed by atoms with Crippen LogP contribution in [-0.4, -0.2) is 14.0 Å². The van der Waals surface area contributed by atoms with Crippen LogP contribution in [0, 0.1) is 0 Å². The molecule has 1 rings (SSSR count). The third-order valence-corrected chi connectivity index (χ3v) is 4.23. The summed E-state index contributed by atoms with van der Waals surface area (Å²) in [5.41, 5.74) is 6.26. The van der Waals surface area contributed by atoms with E-state index < -0.39 is 15.6 Å². The molecule has 0 fully saturated rings. The van der Waals surface area contributed by atoms with Gasteiger partial charge in [-0.15, -0.1) is 0 Å². The molecule has 0 spiro atoms. The van der Waals surface area contributed by atoms with Crippen LogP contribution in [0.25, 0.3) is 0 Å². The normalized spacial score (nSPS) is 14.5. The molecule has 0 amide bonds. The first kappa shape index (κ1) is 15.1. The zero-order chi connectivity index (χ0) is 14.0. The molecule has 0 heterocycles. The van der Waals surface area contributed by atoms with Crippen LogP contribution in [0.1, 0.15) is 45.7 Å². The van der Waals surface area contributed by atoms with Crippen molar-refractivity contribution in [1.29, 1.82) is 0 Å². The number of hydrogen-bond donors (Lipinski definition) is 2. The second-order valence-electron chi connectivity index (χ2n) is 5.44. The number of sulfonamides is 1. The summed E-state index contributed by atoms with van der Waals surface area (Å²) >= 11 is 0. The Balaban J connectivity index is 3.10. The van der Waals surface area contributed by atoms with Crippen LogP contribution in [0.15, 0.2) is 29.2 Å². The predicted octanol–water partition coefficient (Wildman–Crippen LogP) is 2.17. The van der Waals surface area contributed by atoms with Crippen LogP contribution in [-0.2, 0) is 10.0 Å². The monoisotopic (exact) mass is 270 g/mol. The van der Waals surface area contributed by atoms with E-state index in [2.05, 4.69) is 4.72 Å². The predicted molar refractivity (Wildman–Crippen MR) is 73.7 cm³/mol. The molecular formula is C13H22N2O2S. The first-order valence-electron chi connectivity index (χ1n) is 6.05. The molecule has 1 atom stereocenters. The lowest BCUT2D eigenvalue weighted by molar-refractivity contribution is 0.491. The molecule has 18 heavy (non-hydrogen) atoms. The van der Waals surface area contributed by atoms with Gasteiger partial charge in [-0.25, -0.2) is 13.1 Å². The molecule has 102 valence electrons. The Morgan fingerprint density at radius 3 is 2.44 bits per heavy atom. The summed E-state index contributed by atoms with van der Waals surface area (Å²) in [6.07, 6.45) is 0.774. The molecule has 1 unspecified atom stereocenters. The van der Waals surface area contributed by atoms with Crippen molar-refractivity contribution >= 4 is 10.0 Å². The lowest BCUT2D eigenvalue weighted by Crippen LogP contribution is -2.40. The summed E-state index contributed by atoms with van der Waals surface area (Å²) in [4.78, 5) is 0.263. The summed E-state index contributed by atoms with van der Waals surface area (Å²) in [7, 11) is -3.49. The van der Waals surface area contributed by atoms with Crippen molar-refractivity contribution in [2.24, 2.45) is 5.73 Å². The Bertz CT molecular complexity index is 504. The lowest BCUT2D eigenvalue weighted by atomic mass is 10.1. The molecule has 0 aromatic heterocycles. The van der Waals surface area contributed by atoms with Gasteiger partial charge < -0.3 is 5.73 Å². The van der Waals surface area contributed by atoms with Crippen molar-refractivity contribution in [2.75, 3.05) is 0 Å².